The number of thiophene rings is 1. The van der Waals surface area contributed by atoms with Crippen LogP contribution in [0.1, 0.15) is 49.2 Å². The van der Waals surface area contributed by atoms with Crippen LogP contribution in [0, 0.1) is 5.41 Å². The number of rotatable bonds is 4. The van der Waals surface area contributed by atoms with Crippen molar-refractivity contribution in [3.05, 3.63) is 16.3 Å². The molecule has 1 saturated heterocycles. The summed E-state index contributed by atoms with van der Waals surface area (Å²) in [6.07, 6.45) is 4.94. The Bertz CT molecular complexity index is 413. The molecule has 1 aliphatic heterocycles. The molecule has 18 heavy (non-hydrogen) atoms. The van der Waals surface area contributed by atoms with Gasteiger partial charge in [0.1, 0.15) is 4.88 Å². The highest BCUT2D eigenvalue weighted by molar-refractivity contribution is 7.12. The summed E-state index contributed by atoms with van der Waals surface area (Å²) >= 11 is 1.32. The Hall–Kier alpha value is -1.03. The van der Waals surface area contributed by atoms with Gasteiger partial charge in [-0.3, -0.25) is 0 Å². The predicted octanol–water partition coefficient (Wildman–Crippen LogP) is 3.85. The van der Waals surface area contributed by atoms with Crippen molar-refractivity contribution in [2.45, 2.75) is 39.5 Å². The zero-order valence-corrected chi connectivity index (χ0v) is 11.9. The summed E-state index contributed by atoms with van der Waals surface area (Å²) in [5, 5.41) is 10.9. The first kappa shape index (κ1) is 13.4. The van der Waals surface area contributed by atoms with Crippen LogP contribution >= 0.6 is 11.3 Å². The van der Waals surface area contributed by atoms with Crippen LogP contribution in [0.2, 0.25) is 0 Å². The summed E-state index contributed by atoms with van der Waals surface area (Å²) in [4.78, 5) is 13.6. The van der Waals surface area contributed by atoms with Crippen LogP contribution in [0.5, 0.6) is 0 Å². The van der Waals surface area contributed by atoms with Crippen molar-refractivity contribution in [1.82, 2.24) is 0 Å². The molecule has 0 aliphatic carbocycles. The van der Waals surface area contributed by atoms with Gasteiger partial charge in [-0.2, -0.15) is 0 Å². The fourth-order valence-electron chi connectivity index (χ4n) is 2.80. The third kappa shape index (κ3) is 2.53. The molecule has 0 unspecified atom stereocenters. The van der Waals surface area contributed by atoms with Gasteiger partial charge in [0.2, 0.25) is 0 Å². The van der Waals surface area contributed by atoms with E-state index in [1.807, 2.05) is 5.38 Å². The molecule has 1 fully saturated rings. The number of anilines is 1. The van der Waals surface area contributed by atoms with Crippen LogP contribution in [-0.2, 0) is 0 Å². The number of carbonyl (C=O) groups is 1. The Morgan fingerprint density at radius 1 is 1.39 bits per heavy atom. The number of hydrogen-bond donors (Lipinski definition) is 1. The summed E-state index contributed by atoms with van der Waals surface area (Å²) < 4.78 is 0. The van der Waals surface area contributed by atoms with Crippen molar-refractivity contribution < 1.29 is 9.90 Å². The van der Waals surface area contributed by atoms with Gasteiger partial charge in [0, 0.05) is 24.2 Å². The zero-order chi connectivity index (χ0) is 13.2. The second-order valence-electron chi connectivity index (χ2n) is 5.17. The zero-order valence-electron chi connectivity index (χ0n) is 11.1. The molecule has 100 valence electrons. The van der Waals surface area contributed by atoms with Gasteiger partial charge in [-0.25, -0.2) is 4.79 Å². The molecule has 2 rings (SSSR count). The van der Waals surface area contributed by atoms with Crippen molar-refractivity contribution in [1.29, 1.82) is 0 Å². The van der Waals surface area contributed by atoms with Gasteiger partial charge in [0.25, 0.3) is 0 Å². The monoisotopic (exact) mass is 267 g/mol. The first-order valence-electron chi connectivity index (χ1n) is 6.67. The van der Waals surface area contributed by atoms with Crippen LogP contribution in [0.3, 0.4) is 0 Å². The predicted molar refractivity (Wildman–Crippen MR) is 75.7 cm³/mol. The lowest BCUT2D eigenvalue weighted by Gasteiger charge is -2.41. The van der Waals surface area contributed by atoms with Crippen LogP contribution in [0.4, 0.5) is 5.69 Å². The Kier molecular flexibility index (Phi) is 3.95. The summed E-state index contributed by atoms with van der Waals surface area (Å²) in [6.45, 7) is 6.67. The first-order chi connectivity index (χ1) is 8.60. The van der Waals surface area contributed by atoms with E-state index in [-0.39, 0.29) is 0 Å². The largest absolute Gasteiger partial charge is 0.477 e. The van der Waals surface area contributed by atoms with Crippen molar-refractivity contribution in [3.63, 3.8) is 0 Å². The van der Waals surface area contributed by atoms with Crippen LogP contribution in [0.15, 0.2) is 11.4 Å². The molecule has 2 heterocycles. The molecule has 1 N–H and O–H groups in total. The fraction of sp³-hybridized carbons (Fsp3) is 0.643. The van der Waals surface area contributed by atoms with E-state index in [0.717, 1.165) is 18.8 Å². The minimum Gasteiger partial charge on any atom is -0.477 e. The molecule has 1 aliphatic rings. The topological polar surface area (TPSA) is 40.5 Å². The van der Waals surface area contributed by atoms with Gasteiger partial charge >= 0.3 is 5.97 Å². The lowest BCUT2D eigenvalue weighted by molar-refractivity contribution is 0.0702. The highest BCUT2D eigenvalue weighted by Crippen LogP contribution is 2.39. The molecule has 0 amide bonds. The lowest BCUT2D eigenvalue weighted by atomic mass is 9.74. The molecule has 0 radical (unpaired) electrons. The molecule has 0 aromatic carbocycles. The van der Waals surface area contributed by atoms with E-state index < -0.39 is 5.97 Å². The third-order valence-electron chi connectivity index (χ3n) is 4.49. The van der Waals surface area contributed by atoms with Crippen LogP contribution < -0.4 is 4.90 Å². The highest BCUT2D eigenvalue weighted by Gasteiger charge is 2.31. The fourth-order valence-corrected chi connectivity index (χ4v) is 3.55. The van der Waals surface area contributed by atoms with E-state index in [1.165, 1.54) is 37.0 Å². The summed E-state index contributed by atoms with van der Waals surface area (Å²) in [7, 11) is 0. The minimum atomic E-state index is -0.820. The Labute approximate surface area is 112 Å². The minimum absolute atomic E-state index is 0.438. The number of piperidine rings is 1. The molecule has 0 spiro atoms. The summed E-state index contributed by atoms with van der Waals surface area (Å²) in [5.41, 5.74) is 1.60. The van der Waals surface area contributed by atoms with Gasteiger partial charge in [-0.1, -0.05) is 26.7 Å². The molecule has 0 atom stereocenters. The molecule has 3 nitrogen and oxygen atoms in total. The van der Waals surface area contributed by atoms with Gasteiger partial charge in [0.05, 0.1) is 0 Å². The second-order valence-corrected chi connectivity index (χ2v) is 6.08. The van der Waals surface area contributed by atoms with E-state index in [4.69, 9.17) is 5.11 Å². The van der Waals surface area contributed by atoms with Gasteiger partial charge in [0.15, 0.2) is 0 Å². The molecule has 0 saturated carbocycles. The number of carboxylic acid groups (broad SMARTS) is 1. The quantitative estimate of drug-likeness (QED) is 0.900. The maximum Gasteiger partial charge on any atom is 0.345 e. The normalized spacial score (nSPS) is 18.9. The smallest absolute Gasteiger partial charge is 0.345 e. The maximum atomic E-state index is 10.9. The number of carboxylic acids is 1. The second kappa shape index (κ2) is 5.31. The Morgan fingerprint density at radius 3 is 2.44 bits per heavy atom. The molecule has 1 aromatic rings. The van der Waals surface area contributed by atoms with Gasteiger partial charge in [-0.05, 0) is 24.3 Å². The molecule has 1 aromatic heterocycles. The average molecular weight is 267 g/mol. The van der Waals surface area contributed by atoms with E-state index >= 15 is 0 Å². The SMILES string of the molecule is CCC1(CC)CCN(c2csc(C(=O)O)c2)CC1. The Morgan fingerprint density at radius 2 is 2.00 bits per heavy atom. The van der Waals surface area contributed by atoms with E-state index in [0.29, 0.717) is 10.3 Å². The van der Waals surface area contributed by atoms with E-state index in [2.05, 4.69) is 18.7 Å². The molecular weight excluding hydrogens is 246 g/mol. The van der Waals surface area contributed by atoms with Gasteiger partial charge < -0.3 is 10.0 Å². The van der Waals surface area contributed by atoms with E-state index in [1.54, 1.807) is 6.07 Å². The van der Waals surface area contributed by atoms with Crippen LogP contribution in [-0.4, -0.2) is 24.2 Å². The Balaban J connectivity index is 2.02. The highest BCUT2D eigenvalue weighted by atomic mass is 32.1. The third-order valence-corrected chi connectivity index (χ3v) is 5.39. The molecule has 0 bridgehead atoms. The maximum absolute atomic E-state index is 10.9. The summed E-state index contributed by atoms with van der Waals surface area (Å²) in [5.74, 6) is -0.820. The van der Waals surface area contributed by atoms with Crippen LogP contribution in [0.25, 0.3) is 0 Å². The van der Waals surface area contributed by atoms with E-state index in [9.17, 15) is 4.79 Å². The molecular formula is C14H21NO2S. The van der Waals surface area contributed by atoms with Gasteiger partial charge in [-0.15, -0.1) is 11.3 Å². The van der Waals surface area contributed by atoms with Crippen molar-refractivity contribution in [2.24, 2.45) is 5.41 Å². The first-order valence-corrected chi connectivity index (χ1v) is 7.55. The number of hydrogen-bond acceptors (Lipinski definition) is 3. The van der Waals surface area contributed by atoms with Crippen molar-refractivity contribution in [3.8, 4) is 0 Å². The lowest BCUT2D eigenvalue weighted by Crippen LogP contribution is -2.39. The molecule has 4 heteroatoms. The summed E-state index contributed by atoms with van der Waals surface area (Å²) in [6, 6.07) is 1.80. The number of aromatic carboxylic acids is 1. The number of nitrogens with zero attached hydrogens (tertiary/aromatic N) is 1. The van der Waals surface area contributed by atoms with Crippen molar-refractivity contribution >= 4 is 23.0 Å². The standard InChI is InChI=1S/C14H21NO2S/c1-3-14(4-2)5-7-15(8-6-14)11-9-12(13(16)17)18-10-11/h9-10H,3-8H2,1-2H3,(H,16,17). The van der Waals surface area contributed by atoms with Crippen molar-refractivity contribution in [2.75, 3.05) is 18.0 Å². The average Bonchev–Trinajstić information content (AvgIpc) is 2.88.